The fraction of sp³-hybridized carbons (Fsp3) is 0.500. The van der Waals surface area contributed by atoms with Gasteiger partial charge in [-0.25, -0.2) is 4.39 Å². The summed E-state index contributed by atoms with van der Waals surface area (Å²) in [5.74, 6) is -0.302. The Morgan fingerprint density at radius 3 is 2.68 bits per heavy atom. The maximum Gasteiger partial charge on any atom is 0.231 e. The SMILES string of the molecule is COc1ccc(C(C)NC(=O)C2(C)COC2)cc1F. The predicted molar refractivity (Wildman–Crippen MR) is 68.4 cm³/mol. The summed E-state index contributed by atoms with van der Waals surface area (Å²) in [5.41, 5.74) is 0.245. The largest absolute Gasteiger partial charge is 0.494 e. The van der Waals surface area contributed by atoms with Gasteiger partial charge in [0.15, 0.2) is 11.6 Å². The fourth-order valence-corrected chi connectivity index (χ4v) is 1.95. The van der Waals surface area contributed by atoms with Gasteiger partial charge in [0, 0.05) is 0 Å². The Morgan fingerprint density at radius 2 is 2.21 bits per heavy atom. The summed E-state index contributed by atoms with van der Waals surface area (Å²) in [4.78, 5) is 12.0. The molecule has 1 N–H and O–H groups in total. The second kappa shape index (κ2) is 5.17. The third-order valence-corrected chi connectivity index (χ3v) is 3.41. The van der Waals surface area contributed by atoms with Crippen molar-refractivity contribution in [2.45, 2.75) is 19.9 Å². The van der Waals surface area contributed by atoms with E-state index in [4.69, 9.17) is 9.47 Å². The number of benzene rings is 1. The third-order valence-electron chi connectivity index (χ3n) is 3.41. The summed E-state index contributed by atoms with van der Waals surface area (Å²) >= 11 is 0. The molecule has 1 aliphatic heterocycles. The molecular formula is C14H18FNO3. The van der Waals surface area contributed by atoms with Crippen molar-refractivity contribution < 1.29 is 18.7 Å². The van der Waals surface area contributed by atoms with E-state index in [1.54, 1.807) is 12.1 Å². The first-order valence-electron chi connectivity index (χ1n) is 6.18. The molecule has 0 aliphatic carbocycles. The molecule has 104 valence electrons. The molecule has 1 atom stereocenters. The molecule has 0 radical (unpaired) electrons. The van der Waals surface area contributed by atoms with E-state index in [1.807, 2.05) is 13.8 Å². The highest BCUT2D eigenvalue weighted by Gasteiger charge is 2.41. The van der Waals surface area contributed by atoms with Crippen molar-refractivity contribution in [1.82, 2.24) is 5.32 Å². The first kappa shape index (κ1) is 13.8. The number of halogens is 1. The van der Waals surface area contributed by atoms with E-state index in [2.05, 4.69) is 5.32 Å². The topological polar surface area (TPSA) is 47.6 Å². The van der Waals surface area contributed by atoms with E-state index in [0.717, 1.165) is 0 Å². The van der Waals surface area contributed by atoms with Crippen LogP contribution >= 0.6 is 0 Å². The minimum absolute atomic E-state index is 0.0672. The molecule has 1 saturated heterocycles. The van der Waals surface area contributed by atoms with Gasteiger partial charge in [-0.3, -0.25) is 4.79 Å². The summed E-state index contributed by atoms with van der Waals surface area (Å²) in [7, 11) is 1.42. The van der Waals surface area contributed by atoms with Crippen LogP contribution in [0, 0.1) is 11.2 Å². The molecule has 2 rings (SSSR count). The van der Waals surface area contributed by atoms with Crippen LogP contribution in [-0.4, -0.2) is 26.2 Å². The van der Waals surface area contributed by atoms with Crippen LogP contribution in [0.2, 0.25) is 0 Å². The second-order valence-corrected chi connectivity index (χ2v) is 5.14. The van der Waals surface area contributed by atoms with Crippen LogP contribution in [0.4, 0.5) is 4.39 Å². The summed E-state index contributed by atoms with van der Waals surface area (Å²) in [5, 5.41) is 2.88. The Kier molecular flexibility index (Phi) is 3.75. The van der Waals surface area contributed by atoms with Crippen LogP contribution in [0.3, 0.4) is 0 Å². The van der Waals surface area contributed by atoms with Gasteiger partial charge in [-0.1, -0.05) is 6.07 Å². The Bertz CT molecular complexity index is 486. The molecule has 4 nitrogen and oxygen atoms in total. The van der Waals surface area contributed by atoms with Crippen LogP contribution in [0.5, 0.6) is 5.75 Å². The molecule has 1 fully saturated rings. The van der Waals surface area contributed by atoms with Crippen molar-refractivity contribution in [1.29, 1.82) is 0 Å². The van der Waals surface area contributed by atoms with E-state index < -0.39 is 11.2 Å². The average molecular weight is 267 g/mol. The van der Waals surface area contributed by atoms with Gasteiger partial charge in [0.1, 0.15) is 0 Å². The number of amides is 1. The molecule has 0 saturated carbocycles. The summed E-state index contributed by atoms with van der Waals surface area (Å²) < 4.78 is 23.5. The Hall–Kier alpha value is -1.62. The van der Waals surface area contributed by atoms with E-state index in [1.165, 1.54) is 13.2 Å². The van der Waals surface area contributed by atoms with Crippen LogP contribution in [-0.2, 0) is 9.53 Å². The smallest absolute Gasteiger partial charge is 0.231 e. The van der Waals surface area contributed by atoms with E-state index >= 15 is 0 Å². The molecule has 1 aromatic rings. The molecule has 1 amide bonds. The molecule has 19 heavy (non-hydrogen) atoms. The standard InChI is InChI=1S/C14H18FNO3/c1-9(16-13(17)14(2)7-19-8-14)10-4-5-12(18-3)11(15)6-10/h4-6,9H,7-8H2,1-3H3,(H,16,17). The van der Waals surface area contributed by atoms with Gasteiger partial charge < -0.3 is 14.8 Å². The number of methoxy groups -OCH3 is 1. The first-order valence-corrected chi connectivity index (χ1v) is 6.18. The highest BCUT2D eigenvalue weighted by molar-refractivity contribution is 5.83. The van der Waals surface area contributed by atoms with Crippen molar-refractivity contribution in [2.75, 3.05) is 20.3 Å². The van der Waals surface area contributed by atoms with Crippen molar-refractivity contribution in [3.63, 3.8) is 0 Å². The zero-order valence-corrected chi connectivity index (χ0v) is 11.3. The number of hydrogen-bond acceptors (Lipinski definition) is 3. The van der Waals surface area contributed by atoms with Crippen molar-refractivity contribution in [2.24, 2.45) is 5.41 Å². The average Bonchev–Trinajstić information content (AvgIpc) is 2.35. The molecule has 1 heterocycles. The minimum Gasteiger partial charge on any atom is -0.494 e. The molecule has 1 aliphatic rings. The van der Waals surface area contributed by atoms with Gasteiger partial charge in [0.05, 0.1) is 31.8 Å². The Balaban J connectivity index is 2.05. The van der Waals surface area contributed by atoms with Crippen molar-refractivity contribution in [3.8, 4) is 5.75 Å². The number of carbonyl (C=O) groups is 1. The van der Waals surface area contributed by atoms with Crippen LogP contribution in [0.25, 0.3) is 0 Å². The zero-order chi connectivity index (χ0) is 14.0. The molecule has 5 heteroatoms. The fourth-order valence-electron chi connectivity index (χ4n) is 1.95. The summed E-state index contributed by atoms with van der Waals surface area (Å²) in [6.07, 6.45) is 0. The van der Waals surface area contributed by atoms with E-state index in [-0.39, 0.29) is 17.7 Å². The summed E-state index contributed by atoms with van der Waals surface area (Å²) in [6, 6.07) is 4.42. The lowest BCUT2D eigenvalue weighted by Crippen LogP contribution is -2.52. The minimum atomic E-state index is -0.459. The van der Waals surface area contributed by atoms with Gasteiger partial charge >= 0.3 is 0 Å². The Labute approximate surface area is 111 Å². The monoisotopic (exact) mass is 267 g/mol. The number of nitrogens with one attached hydrogen (secondary N) is 1. The lowest BCUT2D eigenvalue weighted by Gasteiger charge is -2.37. The third kappa shape index (κ3) is 2.71. The molecule has 1 unspecified atom stereocenters. The van der Waals surface area contributed by atoms with E-state index in [0.29, 0.717) is 18.8 Å². The second-order valence-electron chi connectivity index (χ2n) is 5.14. The highest BCUT2D eigenvalue weighted by atomic mass is 19.1. The highest BCUT2D eigenvalue weighted by Crippen LogP contribution is 2.28. The first-order chi connectivity index (χ1) is 8.96. The number of ether oxygens (including phenoxy) is 2. The van der Waals surface area contributed by atoms with Crippen molar-refractivity contribution >= 4 is 5.91 Å². The lowest BCUT2D eigenvalue weighted by atomic mass is 9.87. The zero-order valence-electron chi connectivity index (χ0n) is 11.3. The Morgan fingerprint density at radius 1 is 1.53 bits per heavy atom. The molecular weight excluding hydrogens is 249 g/mol. The van der Waals surface area contributed by atoms with E-state index in [9.17, 15) is 9.18 Å². The molecule has 0 aromatic heterocycles. The van der Waals surface area contributed by atoms with Gasteiger partial charge in [-0.2, -0.15) is 0 Å². The van der Waals surface area contributed by atoms with Gasteiger partial charge in [-0.05, 0) is 31.5 Å². The molecule has 0 spiro atoms. The van der Waals surface area contributed by atoms with Crippen LogP contribution in [0.1, 0.15) is 25.5 Å². The van der Waals surface area contributed by atoms with Crippen molar-refractivity contribution in [3.05, 3.63) is 29.6 Å². The van der Waals surface area contributed by atoms with Crippen LogP contribution < -0.4 is 10.1 Å². The summed E-state index contributed by atoms with van der Waals surface area (Å²) in [6.45, 7) is 4.54. The number of rotatable bonds is 4. The van der Waals surface area contributed by atoms with Gasteiger partial charge in [0.25, 0.3) is 0 Å². The normalized spacial score (nSPS) is 18.3. The predicted octanol–water partition coefficient (Wildman–Crippen LogP) is 2.05. The maximum absolute atomic E-state index is 13.6. The lowest BCUT2D eigenvalue weighted by molar-refractivity contribution is -0.158. The quantitative estimate of drug-likeness (QED) is 0.908. The molecule has 1 aromatic carbocycles. The van der Waals surface area contributed by atoms with Gasteiger partial charge in [-0.15, -0.1) is 0 Å². The van der Waals surface area contributed by atoms with Crippen LogP contribution in [0.15, 0.2) is 18.2 Å². The van der Waals surface area contributed by atoms with Gasteiger partial charge in [0.2, 0.25) is 5.91 Å². The maximum atomic E-state index is 13.6. The number of hydrogen-bond donors (Lipinski definition) is 1. The molecule has 0 bridgehead atoms. The number of carbonyl (C=O) groups excluding carboxylic acids is 1.